The van der Waals surface area contributed by atoms with Gasteiger partial charge in [0.2, 0.25) is 5.88 Å². The van der Waals surface area contributed by atoms with Crippen molar-refractivity contribution in [2.24, 2.45) is 0 Å². The number of anilines is 1. The average molecular weight is 544 g/mol. The fourth-order valence-electron chi connectivity index (χ4n) is 4.20. The second kappa shape index (κ2) is 8.97. The Morgan fingerprint density at radius 2 is 1.84 bits per heavy atom. The van der Waals surface area contributed by atoms with Crippen molar-refractivity contribution in [2.75, 3.05) is 23.0 Å². The van der Waals surface area contributed by atoms with Gasteiger partial charge in [0.25, 0.3) is 0 Å². The van der Waals surface area contributed by atoms with Gasteiger partial charge >= 0.3 is 11.9 Å². The van der Waals surface area contributed by atoms with E-state index in [-0.39, 0.29) is 36.0 Å². The fourth-order valence-corrected chi connectivity index (χ4v) is 5.72. The third-order valence-electron chi connectivity index (χ3n) is 5.87. The highest BCUT2D eigenvalue weighted by atomic mass is 32.2. The molecule has 0 aliphatic carbocycles. The van der Waals surface area contributed by atoms with Crippen LogP contribution in [0, 0.1) is 11.6 Å². The lowest BCUT2D eigenvalue weighted by Crippen LogP contribution is -2.46. The number of aromatic nitrogens is 3. The van der Waals surface area contributed by atoms with Gasteiger partial charge in [0.05, 0.1) is 24.1 Å². The maximum Gasteiger partial charge on any atom is 0.433 e. The van der Waals surface area contributed by atoms with E-state index in [0.29, 0.717) is 11.9 Å². The van der Waals surface area contributed by atoms with E-state index in [9.17, 15) is 35.2 Å². The molecule has 2 aromatic heterocycles. The van der Waals surface area contributed by atoms with Crippen LogP contribution in [0.3, 0.4) is 0 Å². The first kappa shape index (κ1) is 24.9. The van der Waals surface area contributed by atoms with Crippen LogP contribution in [-0.4, -0.2) is 47.0 Å². The van der Waals surface area contributed by atoms with Gasteiger partial charge in [0, 0.05) is 24.9 Å². The lowest BCUT2D eigenvalue weighted by atomic mass is 10.2. The summed E-state index contributed by atoms with van der Waals surface area (Å²) in [5.74, 6) is -3.59. The van der Waals surface area contributed by atoms with Crippen LogP contribution >= 0.6 is 0 Å². The number of sulfone groups is 1. The van der Waals surface area contributed by atoms with Crippen molar-refractivity contribution in [3.63, 3.8) is 0 Å². The molecule has 0 radical (unpaired) electrons. The maximum absolute atomic E-state index is 14.6. The van der Waals surface area contributed by atoms with Crippen LogP contribution in [0.15, 0.2) is 41.3 Å². The molecule has 37 heavy (non-hydrogen) atoms. The molecule has 1 atom stereocenters. The Labute approximate surface area is 206 Å². The first-order chi connectivity index (χ1) is 17.4. The zero-order chi connectivity index (χ0) is 26.5. The molecule has 196 valence electrons. The number of alkyl halides is 3. The Bertz CT molecular complexity index is 1520. The highest BCUT2D eigenvalue weighted by molar-refractivity contribution is 7.91. The highest BCUT2D eigenvalue weighted by Crippen LogP contribution is 2.34. The zero-order valence-corrected chi connectivity index (χ0v) is 19.5. The number of ether oxygens (including phenoxy) is 2. The Balaban J connectivity index is 1.31. The van der Waals surface area contributed by atoms with Crippen molar-refractivity contribution in [2.45, 2.75) is 25.4 Å². The number of nitrogens with zero attached hydrogens (tertiary/aromatic N) is 4. The summed E-state index contributed by atoms with van der Waals surface area (Å²) in [4.78, 5) is 21.2. The van der Waals surface area contributed by atoms with Gasteiger partial charge in [-0.3, -0.25) is 9.55 Å². The summed E-state index contributed by atoms with van der Waals surface area (Å²) < 4.78 is 103. The van der Waals surface area contributed by atoms with Crippen LogP contribution in [0.4, 0.5) is 27.8 Å². The molecule has 1 unspecified atom stereocenters. The molecular formula is C22H17F5N4O5S. The summed E-state index contributed by atoms with van der Waals surface area (Å²) in [6.45, 7) is -0.0223. The number of hydrogen-bond donors (Lipinski definition) is 0. The molecule has 2 aliphatic rings. The second-order valence-electron chi connectivity index (χ2n) is 8.46. The van der Waals surface area contributed by atoms with Crippen molar-refractivity contribution in [3.8, 4) is 17.4 Å². The molecule has 1 fully saturated rings. The van der Waals surface area contributed by atoms with Gasteiger partial charge in [-0.15, -0.1) is 0 Å². The third kappa shape index (κ3) is 5.08. The molecule has 15 heteroatoms. The molecular weight excluding hydrogens is 527 g/mol. The summed E-state index contributed by atoms with van der Waals surface area (Å²) >= 11 is 0. The number of hydrogen-bond acceptors (Lipinski definition) is 8. The minimum atomic E-state index is -4.77. The van der Waals surface area contributed by atoms with Crippen LogP contribution in [-0.2, 0) is 29.2 Å². The van der Waals surface area contributed by atoms with Gasteiger partial charge in [-0.25, -0.2) is 22.0 Å². The van der Waals surface area contributed by atoms with Gasteiger partial charge in [0.15, 0.2) is 27.2 Å². The van der Waals surface area contributed by atoms with Crippen molar-refractivity contribution in [3.05, 3.63) is 69.9 Å². The van der Waals surface area contributed by atoms with E-state index >= 15 is 0 Å². The maximum atomic E-state index is 14.6. The summed E-state index contributed by atoms with van der Waals surface area (Å²) in [5.41, 5.74) is -1.94. The Morgan fingerprint density at radius 1 is 1.11 bits per heavy atom. The summed E-state index contributed by atoms with van der Waals surface area (Å²) in [6, 6.07) is 4.32. The van der Waals surface area contributed by atoms with Gasteiger partial charge in [-0.1, -0.05) is 0 Å². The Kier molecular flexibility index (Phi) is 6.04. The van der Waals surface area contributed by atoms with E-state index in [0.717, 1.165) is 24.4 Å². The topological polar surface area (TPSA) is 104 Å². The van der Waals surface area contributed by atoms with Crippen LogP contribution in [0.25, 0.3) is 0 Å². The van der Waals surface area contributed by atoms with E-state index in [1.165, 1.54) is 10.6 Å². The Hall–Kier alpha value is -3.75. The van der Waals surface area contributed by atoms with Crippen LogP contribution in [0.5, 0.6) is 17.4 Å². The second-order valence-corrected chi connectivity index (χ2v) is 10.7. The summed E-state index contributed by atoms with van der Waals surface area (Å²) in [5, 5.41) is 0. The normalized spacial score (nSPS) is 18.3. The van der Waals surface area contributed by atoms with E-state index in [1.54, 1.807) is 4.90 Å². The average Bonchev–Trinajstić information content (AvgIpc) is 3.16. The molecule has 9 nitrogen and oxygen atoms in total. The lowest BCUT2D eigenvalue weighted by Gasteiger charge is -2.30. The van der Waals surface area contributed by atoms with E-state index in [2.05, 4.69) is 9.97 Å². The van der Waals surface area contributed by atoms with E-state index in [4.69, 9.17) is 9.47 Å². The number of benzene rings is 1. The third-order valence-corrected chi connectivity index (χ3v) is 7.57. The molecule has 5 rings (SSSR count). The van der Waals surface area contributed by atoms with Crippen LogP contribution in [0.2, 0.25) is 0 Å². The van der Waals surface area contributed by atoms with Crippen molar-refractivity contribution in [1.29, 1.82) is 0 Å². The Morgan fingerprint density at radius 3 is 2.54 bits per heavy atom. The molecule has 0 N–H and O–H groups in total. The molecule has 1 aromatic carbocycles. The minimum absolute atomic E-state index is 0.00241. The fraction of sp³-hybridized carbons (Fsp3) is 0.318. The van der Waals surface area contributed by atoms with Gasteiger partial charge in [-0.2, -0.15) is 18.2 Å². The van der Waals surface area contributed by atoms with Crippen LogP contribution in [0.1, 0.15) is 11.3 Å². The number of fused-ring (bicyclic) bond motifs is 3. The molecule has 0 amide bonds. The summed E-state index contributed by atoms with van der Waals surface area (Å²) in [6.07, 6.45) is -3.97. The lowest BCUT2D eigenvalue weighted by molar-refractivity contribution is -0.141. The van der Waals surface area contributed by atoms with Crippen LogP contribution < -0.4 is 20.1 Å². The van der Waals surface area contributed by atoms with Gasteiger partial charge < -0.3 is 14.4 Å². The molecule has 0 saturated carbocycles. The largest absolute Gasteiger partial charge is 0.473 e. The summed E-state index contributed by atoms with van der Waals surface area (Å²) in [7, 11) is -3.21. The molecule has 1 saturated heterocycles. The van der Waals surface area contributed by atoms with Crippen molar-refractivity contribution < 1.29 is 39.8 Å². The number of rotatable bonds is 5. The first-order valence-electron chi connectivity index (χ1n) is 10.8. The van der Waals surface area contributed by atoms with E-state index < -0.39 is 63.2 Å². The molecule has 0 bridgehead atoms. The van der Waals surface area contributed by atoms with E-state index in [1.807, 2.05) is 0 Å². The number of halogens is 5. The number of pyridine rings is 1. The molecule has 4 heterocycles. The SMILES string of the molecule is O=c1nc(OCc2cc(F)c(Oc3ccnc(C(F)(F)F)c3)c(F)c2)cc2n1CC1CS(=O)(=O)CCN21. The molecule has 2 aliphatic heterocycles. The minimum Gasteiger partial charge on any atom is -0.473 e. The van der Waals surface area contributed by atoms with Gasteiger partial charge in [-0.05, 0) is 23.8 Å². The highest BCUT2D eigenvalue weighted by Gasteiger charge is 2.38. The standard InChI is InChI=1S/C22H17F5N4O5S/c23-15-5-12(6-16(24)20(15)36-14-1-2-28-17(7-14)22(25,26)27)10-35-18-8-19-30-3-4-37(33,34)11-13(30)9-31(19)21(32)29-18/h1-2,5-8,13H,3-4,9-11H2. The predicted octanol–water partition coefficient (Wildman–Crippen LogP) is 2.92. The predicted molar refractivity (Wildman–Crippen MR) is 118 cm³/mol. The first-order valence-corrected chi connectivity index (χ1v) is 12.6. The van der Waals surface area contributed by atoms with Crippen molar-refractivity contribution in [1.82, 2.24) is 14.5 Å². The quantitative estimate of drug-likeness (QED) is 0.452. The monoisotopic (exact) mass is 544 g/mol. The molecule has 0 spiro atoms. The smallest absolute Gasteiger partial charge is 0.433 e. The van der Waals surface area contributed by atoms with Gasteiger partial charge in [0.1, 0.15) is 23.9 Å². The molecule has 3 aromatic rings. The zero-order valence-electron chi connectivity index (χ0n) is 18.7. The van der Waals surface area contributed by atoms with Crippen molar-refractivity contribution >= 4 is 15.7 Å².